The van der Waals surface area contributed by atoms with Crippen LogP contribution in [0.5, 0.6) is 5.75 Å². The van der Waals surface area contributed by atoms with E-state index in [1.54, 1.807) is 17.9 Å². The fourth-order valence-electron chi connectivity index (χ4n) is 3.08. The Morgan fingerprint density at radius 1 is 1.15 bits per heavy atom. The Balaban J connectivity index is 1.76. The zero-order valence-electron chi connectivity index (χ0n) is 14.8. The van der Waals surface area contributed by atoms with Crippen molar-refractivity contribution in [3.8, 4) is 5.75 Å². The molecule has 2 aromatic carbocycles. The lowest BCUT2D eigenvalue weighted by Gasteiger charge is -2.39. The van der Waals surface area contributed by atoms with Gasteiger partial charge in [-0.1, -0.05) is 12.1 Å². The Hall–Kier alpha value is -2.89. The van der Waals surface area contributed by atoms with E-state index in [-0.39, 0.29) is 11.5 Å². The maximum Gasteiger partial charge on any atom is 0.257 e. The molecule has 26 heavy (non-hydrogen) atoms. The predicted molar refractivity (Wildman–Crippen MR) is 96.9 cm³/mol. The van der Waals surface area contributed by atoms with Crippen LogP contribution in [0.2, 0.25) is 0 Å². The number of amides is 2. The summed E-state index contributed by atoms with van der Waals surface area (Å²) < 4.78 is 19.3. The molecule has 1 saturated heterocycles. The highest BCUT2D eigenvalue weighted by atomic mass is 19.1. The molecule has 1 fully saturated rings. The third-order valence-electron chi connectivity index (χ3n) is 4.48. The zero-order valence-corrected chi connectivity index (χ0v) is 14.8. The van der Waals surface area contributed by atoms with E-state index in [4.69, 9.17) is 4.74 Å². The molecule has 1 atom stereocenters. The highest BCUT2D eigenvalue weighted by molar-refractivity contribution is 6.03. The molecule has 1 unspecified atom stereocenters. The maximum atomic E-state index is 13.9. The summed E-state index contributed by atoms with van der Waals surface area (Å²) in [4.78, 5) is 28.5. The molecule has 136 valence electrons. The molecule has 0 aromatic heterocycles. The van der Waals surface area contributed by atoms with Crippen LogP contribution < -0.4 is 9.64 Å². The highest BCUT2D eigenvalue weighted by Crippen LogP contribution is 2.24. The second-order valence-corrected chi connectivity index (χ2v) is 6.07. The van der Waals surface area contributed by atoms with Gasteiger partial charge in [0.25, 0.3) is 5.91 Å². The maximum absolute atomic E-state index is 13.9. The van der Waals surface area contributed by atoms with Crippen LogP contribution in [0, 0.1) is 5.82 Å². The number of nitrogens with zero attached hydrogens (tertiary/aromatic N) is 2. The molecule has 5 nitrogen and oxygen atoms in total. The van der Waals surface area contributed by atoms with Gasteiger partial charge in [-0.15, -0.1) is 0 Å². The molecule has 1 aliphatic heterocycles. The fraction of sp³-hybridized carbons (Fsp3) is 0.300. The zero-order chi connectivity index (χ0) is 18.7. The van der Waals surface area contributed by atoms with Crippen LogP contribution in [0.15, 0.2) is 48.5 Å². The summed E-state index contributed by atoms with van der Waals surface area (Å²) in [6.07, 6.45) is 0. The quantitative estimate of drug-likeness (QED) is 0.846. The Bertz CT molecular complexity index is 807. The van der Waals surface area contributed by atoms with Gasteiger partial charge in [-0.25, -0.2) is 4.39 Å². The number of piperazine rings is 1. The molecule has 2 amide bonds. The monoisotopic (exact) mass is 356 g/mol. The van der Waals surface area contributed by atoms with Gasteiger partial charge in [-0.3, -0.25) is 9.59 Å². The number of rotatable bonds is 4. The van der Waals surface area contributed by atoms with E-state index in [2.05, 4.69) is 0 Å². The first-order valence-corrected chi connectivity index (χ1v) is 8.62. The summed E-state index contributed by atoms with van der Waals surface area (Å²) in [7, 11) is 0. The number of carbonyl (C=O) groups excluding carboxylic acids is 2. The number of anilines is 1. The van der Waals surface area contributed by atoms with Gasteiger partial charge in [0, 0.05) is 18.8 Å². The van der Waals surface area contributed by atoms with Crippen LogP contribution in [0.4, 0.5) is 10.1 Å². The molecule has 0 bridgehead atoms. The van der Waals surface area contributed by atoms with Crippen molar-refractivity contribution in [2.24, 2.45) is 0 Å². The van der Waals surface area contributed by atoms with Crippen LogP contribution >= 0.6 is 0 Å². The molecule has 0 aliphatic carbocycles. The molecule has 0 N–H and O–H groups in total. The van der Waals surface area contributed by atoms with Crippen molar-refractivity contribution in [2.75, 3.05) is 24.6 Å². The number of hydrogen-bond donors (Lipinski definition) is 0. The van der Waals surface area contributed by atoms with Crippen molar-refractivity contribution < 1.29 is 18.7 Å². The van der Waals surface area contributed by atoms with Crippen molar-refractivity contribution in [2.45, 2.75) is 19.9 Å². The van der Waals surface area contributed by atoms with Gasteiger partial charge in [0.1, 0.15) is 17.6 Å². The summed E-state index contributed by atoms with van der Waals surface area (Å²) in [6, 6.07) is 12.4. The third-order valence-corrected chi connectivity index (χ3v) is 4.48. The minimum atomic E-state index is -0.664. The fourth-order valence-corrected chi connectivity index (χ4v) is 3.08. The van der Waals surface area contributed by atoms with Gasteiger partial charge in [-0.2, -0.15) is 0 Å². The first-order chi connectivity index (χ1) is 12.5. The van der Waals surface area contributed by atoms with Crippen molar-refractivity contribution >= 4 is 17.5 Å². The van der Waals surface area contributed by atoms with Gasteiger partial charge in [0.15, 0.2) is 0 Å². The largest absolute Gasteiger partial charge is 0.494 e. The topological polar surface area (TPSA) is 49.9 Å². The smallest absolute Gasteiger partial charge is 0.257 e. The average molecular weight is 356 g/mol. The Kier molecular flexibility index (Phi) is 5.21. The summed E-state index contributed by atoms with van der Waals surface area (Å²) >= 11 is 0. The van der Waals surface area contributed by atoms with Crippen LogP contribution in [0.25, 0.3) is 0 Å². The molecule has 3 rings (SSSR count). The van der Waals surface area contributed by atoms with E-state index in [1.165, 1.54) is 23.1 Å². The standard InChI is InChI=1S/C20H21FN2O3/c1-3-26-16-10-8-15(9-11-16)23-13-12-22(14(2)19(23)24)20(25)17-6-4-5-7-18(17)21/h4-11,14H,3,12-13H2,1-2H3. The normalized spacial score (nSPS) is 17.3. The Morgan fingerprint density at radius 2 is 1.85 bits per heavy atom. The van der Waals surface area contributed by atoms with Gasteiger partial charge in [0.2, 0.25) is 5.91 Å². The lowest BCUT2D eigenvalue weighted by molar-refractivity contribution is -0.124. The van der Waals surface area contributed by atoms with Crippen molar-refractivity contribution in [3.05, 3.63) is 59.9 Å². The molecule has 1 aliphatic rings. The van der Waals surface area contributed by atoms with Crippen LogP contribution in [-0.2, 0) is 4.79 Å². The highest BCUT2D eigenvalue weighted by Gasteiger charge is 2.36. The number of carbonyl (C=O) groups is 2. The first kappa shape index (κ1) is 17.9. The van der Waals surface area contributed by atoms with E-state index in [0.29, 0.717) is 19.7 Å². The molecule has 0 saturated carbocycles. The van der Waals surface area contributed by atoms with Gasteiger partial charge >= 0.3 is 0 Å². The number of hydrogen-bond acceptors (Lipinski definition) is 3. The average Bonchev–Trinajstić information content (AvgIpc) is 2.65. The van der Waals surface area contributed by atoms with Crippen molar-refractivity contribution in [1.29, 1.82) is 0 Å². The summed E-state index contributed by atoms with van der Waals surface area (Å²) in [5, 5.41) is 0. The van der Waals surface area contributed by atoms with Crippen LogP contribution in [0.3, 0.4) is 0 Å². The molecule has 6 heteroatoms. The molecule has 2 aromatic rings. The lowest BCUT2D eigenvalue weighted by Crippen LogP contribution is -2.57. The SMILES string of the molecule is CCOc1ccc(N2CCN(C(=O)c3ccccc3F)C(C)C2=O)cc1. The van der Waals surface area contributed by atoms with Crippen molar-refractivity contribution in [1.82, 2.24) is 4.90 Å². The second-order valence-electron chi connectivity index (χ2n) is 6.07. The number of ether oxygens (including phenoxy) is 1. The van der Waals surface area contributed by atoms with Gasteiger partial charge in [-0.05, 0) is 50.2 Å². The van der Waals surface area contributed by atoms with Gasteiger partial charge in [0.05, 0.1) is 12.2 Å². The van der Waals surface area contributed by atoms with Crippen molar-refractivity contribution in [3.63, 3.8) is 0 Å². The van der Waals surface area contributed by atoms with E-state index >= 15 is 0 Å². The molecular formula is C20H21FN2O3. The molecule has 0 spiro atoms. The summed E-state index contributed by atoms with van der Waals surface area (Å²) in [6.45, 7) is 4.85. The number of benzene rings is 2. The van der Waals surface area contributed by atoms with E-state index in [9.17, 15) is 14.0 Å². The Morgan fingerprint density at radius 3 is 2.50 bits per heavy atom. The molecule has 0 radical (unpaired) electrons. The lowest BCUT2D eigenvalue weighted by atomic mass is 10.1. The second kappa shape index (κ2) is 7.56. The predicted octanol–water partition coefficient (Wildman–Crippen LogP) is 3.10. The third kappa shape index (κ3) is 3.40. The minimum Gasteiger partial charge on any atom is -0.494 e. The first-order valence-electron chi connectivity index (χ1n) is 8.62. The summed E-state index contributed by atoms with van der Waals surface area (Å²) in [5.74, 6) is -0.489. The van der Waals surface area contributed by atoms with Crippen LogP contribution in [-0.4, -0.2) is 42.5 Å². The summed E-state index contributed by atoms with van der Waals surface area (Å²) in [5.41, 5.74) is 0.741. The van der Waals surface area contributed by atoms with Crippen LogP contribution in [0.1, 0.15) is 24.2 Å². The van der Waals surface area contributed by atoms with E-state index in [0.717, 1.165) is 11.4 Å². The van der Waals surface area contributed by atoms with E-state index < -0.39 is 17.8 Å². The molecule has 1 heterocycles. The Labute approximate surface area is 152 Å². The number of halogens is 1. The molecular weight excluding hydrogens is 335 g/mol. The van der Waals surface area contributed by atoms with E-state index in [1.807, 2.05) is 31.2 Å². The van der Waals surface area contributed by atoms with Gasteiger partial charge < -0.3 is 14.5 Å². The minimum absolute atomic E-state index is 0.0123.